The van der Waals surface area contributed by atoms with Gasteiger partial charge in [0.15, 0.2) is 0 Å². The van der Waals surface area contributed by atoms with Crippen molar-refractivity contribution in [3.05, 3.63) is 0 Å². The third kappa shape index (κ3) is 7.42. The van der Waals surface area contributed by atoms with Gasteiger partial charge in [0.1, 0.15) is 0 Å². The van der Waals surface area contributed by atoms with E-state index in [0.717, 1.165) is 18.7 Å². The minimum Gasteiger partial charge on any atom is -0.396 e. The number of hydrogen-bond acceptors (Lipinski definition) is 2. The first-order valence-electron chi connectivity index (χ1n) is 5.06. The molecule has 0 rings (SSSR count). The van der Waals surface area contributed by atoms with E-state index in [1.807, 2.05) is 0 Å². The monoisotopic (exact) mass is 206 g/mol. The normalized spacial score (nSPS) is 13.6. The molecular weight excluding hydrogens is 183 g/mol. The molecule has 0 aliphatic heterocycles. The topological polar surface area (TPSA) is 29.5 Å². The summed E-state index contributed by atoms with van der Waals surface area (Å²) >= 11 is 0. The number of hydrogen-bond donors (Lipinski definition) is 1. The minimum atomic E-state index is 0.123. The van der Waals surface area contributed by atoms with Crippen LogP contribution in [0.25, 0.3) is 0 Å². The van der Waals surface area contributed by atoms with Crippen molar-refractivity contribution in [1.82, 2.24) is 0 Å². The van der Waals surface area contributed by atoms with E-state index in [9.17, 15) is 0 Å². The molecule has 0 saturated heterocycles. The molecule has 0 aromatic rings. The Balaban J connectivity index is 3.54. The summed E-state index contributed by atoms with van der Waals surface area (Å²) in [5.74, 6) is 0. The third-order valence-electron chi connectivity index (χ3n) is 2.13. The van der Waals surface area contributed by atoms with E-state index in [0.29, 0.717) is 6.61 Å². The Morgan fingerprint density at radius 1 is 1.23 bits per heavy atom. The van der Waals surface area contributed by atoms with Crippen molar-refractivity contribution in [2.24, 2.45) is 0 Å². The Hall–Kier alpha value is 0.350. The van der Waals surface area contributed by atoms with Crippen LogP contribution in [0, 0.1) is 0 Å². The van der Waals surface area contributed by atoms with Gasteiger partial charge in [-0.3, -0.25) is 0 Å². The highest BCUT2D eigenvalue weighted by Gasteiger charge is 2.10. The van der Waals surface area contributed by atoms with Crippen LogP contribution in [0.1, 0.15) is 26.7 Å². The predicted molar refractivity (Wildman–Crippen MR) is 60.0 cm³/mol. The van der Waals surface area contributed by atoms with Gasteiger partial charge in [0.2, 0.25) is 0 Å². The van der Waals surface area contributed by atoms with E-state index in [1.54, 1.807) is 7.11 Å². The zero-order chi connectivity index (χ0) is 10.1. The van der Waals surface area contributed by atoms with Crippen LogP contribution < -0.4 is 0 Å². The lowest BCUT2D eigenvalue weighted by molar-refractivity contribution is 0.200. The van der Waals surface area contributed by atoms with Crippen molar-refractivity contribution in [2.75, 3.05) is 32.6 Å². The molecule has 80 valence electrons. The Morgan fingerprint density at radius 3 is 2.31 bits per heavy atom. The molecule has 0 spiro atoms. The van der Waals surface area contributed by atoms with Crippen molar-refractivity contribution in [3.8, 4) is 0 Å². The second-order valence-corrected chi connectivity index (χ2v) is 6.66. The van der Waals surface area contributed by atoms with Crippen molar-refractivity contribution in [2.45, 2.75) is 32.3 Å². The van der Waals surface area contributed by atoms with Gasteiger partial charge in [-0.05, 0) is 30.8 Å². The van der Waals surface area contributed by atoms with Crippen molar-refractivity contribution in [1.29, 1.82) is 0 Å². The molecule has 0 aromatic carbocycles. The van der Waals surface area contributed by atoms with Gasteiger partial charge in [-0.1, -0.05) is 13.8 Å². The highest BCUT2D eigenvalue weighted by Crippen LogP contribution is 2.41. The largest absolute Gasteiger partial charge is 0.396 e. The molecule has 13 heavy (non-hydrogen) atoms. The molecule has 0 bridgehead atoms. The third-order valence-corrected chi connectivity index (χ3v) is 5.37. The molecule has 0 aromatic heterocycles. The SMILES string of the molecule is COCCCP(CCCO)C(C)C. The second-order valence-electron chi connectivity index (χ2n) is 3.55. The van der Waals surface area contributed by atoms with Gasteiger partial charge in [-0.15, -0.1) is 7.92 Å². The van der Waals surface area contributed by atoms with E-state index in [2.05, 4.69) is 13.8 Å². The summed E-state index contributed by atoms with van der Waals surface area (Å²) < 4.78 is 5.04. The molecule has 0 radical (unpaired) electrons. The number of aliphatic hydroxyl groups is 1. The summed E-state index contributed by atoms with van der Waals surface area (Å²) in [6, 6.07) is 0. The average molecular weight is 206 g/mol. The van der Waals surface area contributed by atoms with Crippen LogP contribution in [0.4, 0.5) is 0 Å². The Labute approximate surface area is 83.4 Å². The molecule has 0 saturated carbocycles. The van der Waals surface area contributed by atoms with Crippen LogP contribution in [0.3, 0.4) is 0 Å². The van der Waals surface area contributed by atoms with E-state index in [1.165, 1.54) is 18.7 Å². The molecule has 0 amide bonds. The number of aliphatic hydroxyl groups excluding tert-OH is 1. The standard InChI is InChI=1S/C10H23O2P/c1-10(2)13(8-4-6-11)9-5-7-12-3/h10-11H,4-9H2,1-3H3. The van der Waals surface area contributed by atoms with E-state index in [-0.39, 0.29) is 7.92 Å². The predicted octanol–water partition coefficient (Wildman–Crippen LogP) is 2.30. The van der Waals surface area contributed by atoms with Crippen LogP contribution in [0.2, 0.25) is 0 Å². The number of rotatable bonds is 8. The van der Waals surface area contributed by atoms with Crippen molar-refractivity contribution in [3.63, 3.8) is 0 Å². The molecule has 0 aliphatic carbocycles. The Kier molecular flexibility index (Phi) is 9.17. The summed E-state index contributed by atoms with van der Waals surface area (Å²) in [5.41, 5.74) is 0.790. The van der Waals surface area contributed by atoms with Crippen molar-refractivity contribution >= 4 is 7.92 Å². The lowest BCUT2D eigenvalue weighted by Crippen LogP contribution is -2.04. The average Bonchev–Trinajstić information content (AvgIpc) is 2.10. The molecule has 1 unspecified atom stereocenters. The van der Waals surface area contributed by atoms with Gasteiger partial charge in [0.25, 0.3) is 0 Å². The van der Waals surface area contributed by atoms with Gasteiger partial charge in [0.05, 0.1) is 0 Å². The molecule has 0 heterocycles. The molecule has 2 nitrogen and oxygen atoms in total. The number of methoxy groups -OCH3 is 1. The first-order valence-corrected chi connectivity index (χ1v) is 6.84. The quantitative estimate of drug-likeness (QED) is 0.487. The van der Waals surface area contributed by atoms with Crippen LogP contribution in [-0.4, -0.2) is 43.4 Å². The first-order chi connectivity index (χ1) is 6.22. The van der Waals surface area contributed by atoms with E-state index in [4.69, 9.17) is 9.84 Å². The summed E-state index contributed by atoms with van der Waals surface area (Å²) in [6.07, 6.45) is 4.65. The maximum absolute atomic E-state index is 8.75. The lowest BCUT2D eigenvalue weighted by atomic mass is 10.5. The summed E-state index contributed by atoms with van der Waals surface area (Å²) in [5, 5.41) is 8.75. The van der Waals surface area contributed by atoms with E-state index < -0.39 is 0 Å². The zero-order valence-corrected chi connectivity index (χ0v) is 10.0. The highest BCUT2D eigenvalue weighted by molar-refractivity contribution is 7.58. The lowest BCUT2D eigenvalue weighted by Gasteiger charge is -2.21. The molecule has 1 N–H and O–H groups in total. The zero-order valence-electron chi connectivity index (χ0n) is 9.12. The summed E-state index contributed by atoms with van der Waals surface area (Å²) in [7, 11) is 1.88. The Morgan fingerprint density at radius 2 is 1.85 bits per heavy atom. The molecular formula is C10H23O2P. The van der Waals surface area contributed by atoms with Crippen LogP contribution >= 0.6 is 7.92 Å². The maximum Gasteiger partial charge on any atom is 0.0465 e. The van der Waals surface area contributed by atoms with Crippen LogP contribution in [0.5, 0.6) is 0 Å². The van der Waals surface area contributed by atoms with Crippen LogP contribution in [0.15, 0.2) is 0 Å². The maximum atomic E-state index is 8.75. The van der Waals surface area contributed by atoms with Crippen LogP contribution in [-0.2, 0) is 4.74 Å². The van der Waals surface area contributed by atoms with Gasteiger partial charge in [-0.25, -0.2) is 0 Å². The molecule has 0 aliphatic rings. The summed E-state index contributed by atoms with van der Waals surface area (Å²) in [4.78, 5) is 0. The summed E-state index contributed by atoms with van der Waals surface area (Å²) in [6.45, 7) is 5.80. The van der Waals surface area contributed by atoms with Gasteiger partial charge >= 0.3 is 0 Å². The van der Waals surface area contributed by atoms with Crippen molar-refractivity contribution < 1.29 is 9.84 Å². The fourth-order valence-corrected chi connectivity index (χ4v) is 3.65. The van der Waals surface area contributed by atoms with Gasteiger partial charge in [-0.2, -0.15) is 0 Å². The van der Waals surface area contributed by atoms with E-state index >= 15 is 0 Å². The first kappa shape index (κ1) is 13.4. The smallest absolute Gasteiger partial charge is 0.0465 e. The minimum absolute atomic E-state index is 0.123. The number of ether oxygens (including phenoxy) is 1. The Bertz CT molecular complexity index is 107. The molecule has 3 heteroatoms. The molecule has 1 atom stereocenters. The fraction of sp³-hybridized carbons (Fsp3) is 1.00. The van der Waals surface area contributed by atoms with Gasteiger partial charge in [0, 0.05) is 20.3 Å². The highest BCUT2D eigenvalue weighted by atomic mass is 31.1. The second kappa shape index (κ2) is 8.93. The molecule has 0 fully saturated rings. The fourth-order valence-electron chi connectivity index (χ4n) is 1.31. The van der Waals surface area contributed by atoms with Gasteiger partial charge < -0.3 is 9.84 Å².